The maximum Gasteiger partial charge on any atom is 0.212 e. The van der Waals surface area contributed by atoms with Crippen molar-refractivity contribution >= 4 is 64.0 Å². The predicted molar refractivity (Wildman–Crippen MR) is 122 cm³/mol. The summed E-state index contributed by atoms with van der Waals surface area (Å²) in [6.07, 6.45) is 7.61. The second kappa shape index (κ2) is 10.9. The maximum atomic E-state index is 6.21. The molecule has 0 aromatic heterocycles. The number of benzene rings is 2. The topological polar surface area (TPSA) is 48.8 Å². The highest BCUT2D eigenvalue weighted by atomic mass is 79.9. The van der Waals surface area contributed by atoms with Gasteiger partial charge in [-0.15, -0.1) is 17.0 Å². The van der Waals surface area contributed by atoms with Crippen molar-refractivity contribution in [2.24, 2.45) is 10.1 Å². The molecule has 0 saturated carbocycles. The van der Waals surface area contributed by atoms with E-state index in [1.165, 1.54) is 0 Å². The number of allylic oxidation sites excluding steroid dienone is 2. The number of halogens is 3. The monoisotopic (exact) mass is 464 g/mol. The lowest BCUT2D eigenvalue weighted by Gasteiger charge is -2.02. The van der Waals surface area contributed by atoms with Gasteiger partial charge in [0.15, 0.2) is 0 Å². The summed E-state index contributed by atoms with van der Waals surface area (Å²) in [5.41, 5.74) is 5.49. The van der Waals surface area contributed by atoms with Crippen LogP contribution in [-0.2, 0) is 0 Å². The van der Waals surface area contributed by atoms with Gasteiger partial charge in [-0.3, -0.25) is 0 Å². The summed E-state index contributed by atoms with van der Waals surface area (Å²) >= 11 is 12.4. The lowest BCUT2D eigenvalue weighted by molar-refractivity contribution is 0.918. The summed E-state index contributed by atoms with van der Waals surface area (Å²) in [5, 5.41) is 8.90. The molecule has 4 nitrogen and oxygen atoms in total. The quantitative estimate of drug-likeness (QED) is 0.470. The van der Waals surface area contributed by atoms with Crippen molar-refractivity contribution in [1.82, 2.24) is 10.7 Å². The number of aliphatic imine (C=N–C) groups is 1. The standard InChI is InChI=1S/C20H18Cl2N4.BrH/c21-18-7-3-1-5-15(18)9-11-17(25-26-20-23-13-14-24-20)12-10-16-6-2-4-8-19(16)22;/h1-12H,13-14H2,(H2,23,24,26);1H. The molecule has 1 aliphatic heterocycles. The zero-order valence-corrected chi connectivity index (χ0v) is 17.6. The van der Waals surface area contributed by atoms with E-state index in [-0.39, 0.29) is 17.0 Å². The second-order valence-corrected chi connectivity index (χ2v) is 6.33. The first-order valence-electron chi connectivity index (χ1n) is 8.19. The normalized spacial score (nSPS) is 13.2. The molecule has 0 fully saturated rings. The first kappa shape index (κ1) is 21.2. The summed E-state index contributed by atoms with van der Waals surface area (Å²) in [5.74, 6) is 0.666. The van der Waals surface area contributed by atoms with Gasteiger partial charge < -0.3 is 5.32 Å². The third-order valence-electron chi connectivity index (χ3n) is 3.64. The summed E-state index contributed by atoms with van der Waals surface area (Å²) in [4.78, 5) is 4.27. The number of rotatable bonds is 5. The summed E-state index contributed by atoms with van der Waals surface area (Å²) in [6.45, 7) is 1.57. The number of hydrogen-bond donors (Lipinski definition) is 2. The number of nitrogens with one attached hydrogen (secondary N) is 2. The molecule has 0 unspecified atom stereocenters. The zero-order valence-electron chi connectivity index (χ0n) is 14.4. The predicted octanol–water partition coefficient (Wildman–Crippen LogP) is 5.20. The minimum Gasteiger partial charge on any atom is -0.353 e. The summed E-state index contributed by atoms with van der Waals surface area (Å²) < 4.78 is 0. The van der Waals surface area contributed by atoms with Crippen molar-refractivity contribution in [2.45, 2.75) is 0 Å². The van der Waals surface area contributed by atoms with E-state index in [0.717, 1.165) is 24.2 Å². The Morgan fingerprint density at radius 3 is 2.00 bits per heavy atom. The maximum absolute atomic E-state index is 6.21. The van der Waals surface area contributed by atoms with Gasteiger partial charge in [-0.1, -0.05) is 71.8 Å². The molecule has 7 heteroatoms. The van der Waals surface area contributed by atoms with E-state index in [1.54, 1.807) is 0 Å². The van der Waals surface area contributed by atoms with Gasteiger partial charge in [0, 0.05) is 16.6 Å². The summed E-state index contributed by atoms with van der Waals surface area (Å²) in [7, 11) is 0. The van der Waals surface area contributed by atoms with Crippen LogP contribution >= 0.6 is 40.2 Å². The van der Waals surface area contributed by atoms with Gasteiger partial charge in [-0.05, 0) is 35.4 Å². The SMILES string of the molecule is Br.Clc1ccccc1C=CC(C=Cc1ccccc1Cl)=NNC1=NCCN1. The van der Waals surface area contributed by atoms with Crippen LogP contribution in [0.25, 0.3) is 12.2 Å². The Morgan fingerprint density at radius 2 is 1.52 bits per heavy atom. The van der Waals surface area contributed by atoms with E-state index in [1.807, 2.05) is 72.8 Å². The van der Waals surface area contributed by atoms with E-state index in [0.29, 0.717) is 21.7 Å². The molecule has 2 aromatic rings. The number of hydrazone groups is 1. The Hall–Kier alpha value is -2.08. The molecule has 1 aliphatic rings. The molecule has 27 heavy (non-hydrogen) atoms. The molecule has 0 spiro atoms. The fourth-order valence-corrected chi connectivity index (χ4v) is 2.69. The molecule has 0 saturated heterocycles. The lowest BCUT2D eigenvalue weighted by atomic mass is 10.1. The Labute approximate surface area is 179 Å². The van der Waals surface area contributed by atoms with E-state index < -0.39 is 0 Å². The number of hydrogen-bond acceptors (Lipinski definition) is 4. The highest BCUT2D eigenvalue weighted by Gasteiger charge is 2.03. The Morgan fingerprint density at radius 1 is 0.963 bits per heavy atom. The van der Waals surface area contributed by atoms with E-state index in [9.17, 15) is 0 Å². The smallest absolute Gasteiger partial charge is 0.212 e. The molecular weight excluding hydrogens is 447 g/mol. The highest BCUT2D eigenvalue weighted by Crippen LogP contribution is 2.18. The van der Waals surface area contributed by atoms with Crippen LogP contribution in [0, 0.1) is 0 Å². The zero-order chi connectivity index (χ0) is 18.2. The highest BCUT2D eigenvalue weighted by molar-refractivity contribution is 8.93. The first-order valence-corrected chi connectivity index (χ1v) is 8.95. The minimum absolute atomic E-state index is 0. The Kier molecular flexibility index (Phi) is 8.58. The molecule has 0 amide bonds. The van der Waals surface area contributed by atoms with E-state index in [2.05, 4.69) is 20.8 Å². The van der Waals surface area contributed by atoms with Gasteiger partial charge in [0.1, 0.15) is 0 Å². The Bertz CT molecular complexity index is 834. The van der Waals surface area contributed by atoms with Crippen molar-refractivity contribution in [3.63, 3.8) is 0 Å². The third kappa shape index (κ3) is 6.54. The van der Waals surface area contributed by atoms with Crippen LogP contribution in [0.2, 0.25) is 10.0 Å². The lowest BCUT2D eigenvalue weighted by Crippen LogP contribution is -2.30. The summed E-state index contributed by atoms with van der Waals surface area (Å²) in [6, 6.07) is 15.3. The van der Waals surface area contributed by atoms with Crippen LogP contribution < -0.4 is 10.7 Å². The van der Waals surface area contributed by atoms with Gasteiger partial charge >= 0.3 is 0 Å². The Balaban J connectivity index is 0.00000261. The molecule has 2 aromatic carbocycles. The number of nitrogens with zero attached hydrogens (tertiary/aromatic N) is 2. The third-order valence-corrected chi connectivity index (χ3v) is 4.33. The second-order valence-electron chi connectivity index (χ2n) is 5.52. The van der Waals surface area contributed by atoms with Gasteiger partial charge in [0.25, 0.3) is 0 Å². The van der Waals surface area contributed by atoms with Crippen molar-refractivity contribution in [2.75, 3.05) is 13.1 Å². The molecular formula is C20H19BrCl2N4. The fraction of sp³-hybridized carbons (Fsp3) is 0.100. The molecule has 2 N–H and O–H groups in total. The molecule has 0 atom stereocenters. The molecule has 0 bridgehead atoms. The van der Waals surface area contributed by atoms with Crippen molar-refractivity contribution < 1.29 is 0 Å². The van der Waals surface area contributed by atoms with Crippen molar-refractivity contribution in [3.05, 3.63) is 81.9 Å². The average Bonchev–Trinajstić information content (AvgIpc) is 3.17. The molecule has 3 rings (SSSR count). The molecule has 0 radical (unpaired) electrons. The largest absolute Gasteiger partial charge is 0.353 e. The van der Waals surface area contributed by atoms with Crippen LogP contribution in [-0.4, -0.2) is 24.8 Å². The van der Waals surface area contributed by atoms with Gasteiger partial charge in [0.2, 0.25) is 5.96 Å². The van der Waals surface area contributed by atoms with Gasteiger partial charge in [0.05, 0.1) is 12.3 Å². The minimum atomic E-state index is 0. The molecule has 1 heterocycles. The molecule has 0 aliphatic carbocycles. The van der Waals surface area contributed by atoms with Crippen LogP contribution in [0.15, 0.2) is 70.8 Å². The number of guanidine groups is 1. The van der Waals surface area contributed by atoms with E-state index in [4.69, 9.17) is 23.2 Å². The van der Waals surface area contributed by atoms with E-state index >= 15 is 0 Å². The van der Waals surface area contributed by atoms with Crippen molar-refractivity contribution in [1.29, 1.82) is 0 Å². The van der Waals surface area contributed by atoms with Crippen LogP contribution in [0.5, 0.6) is 0 Å². The average molecular weight is 466 g/mol. The first-order chi connectivity index (χ1) is 12.7. The molecule has 140 valence electrons. The van der Waals surface area contributed by atoms with Gasteiger partial charge in [-0.25, -0.2) is 10.4 Å². The fourth-order valence-electron chi connectivity index (χ4n) is 2.29. The van der Waals surface area contributed by atoms with Crippen LogP contribution in [0.4, 0.5) is 0 Å². The van der Waals surface area contributed by atoms with Crippen LogP contribution in [0.3, 0.4) is 0 Å². The van der Waals surface area contributed by atoms with Gasteiger partial charge in [-0.2, -0.15) is 5.10 Å². The van der Waals surface area contributed by atoms with Crippen LogP contribution in [0.1, 0.15) is 11.1 Å². The van der Waals surface area contributed by atoms with Crippen molar-refractivity contribution in [3.8, 4) is 0 Å².